The lowest BCUT2D eigenvalue weighted by atomic mass is 10.1. The molecule has 4 nitrogen and oxygen atoms in total. The molecule has 0 bridgehead atoms. The maximum Gasteiger partial charge on any atom is 0.292 e. The Kier molecular flexibility index (Phi) is 4.90. The van der Waals surface area contributed by atoms with Gasteiger partial charge in [0.25, 0.3) is 11.9 Å². The Morgan fingerprint density at radius 2 is 2.00 bits per heavy atom. The van der Waals surface area contributed by atoms with E-state index in [-0.39, 0.29) is 18.0 Å². The second-order valence-electron chi connectivity index (χ2n) is 4.16. The van der Waals surface area contributed by atoms with Gasteiger partial charge < -0.3 is 4.74 Å². The van der Waals surface area contributed by atoms with E-state index in [1.807, 2.05) is 48.7 Å². The summed E-state index contributed by atoms with van der Waals surface area (Å²) in [5.74, 6) is -0.208. The summed E-state index contributed by atoms with van der Waals surface area (Å²) in [5.41, 5.74) is 1.06. The molecule has 2 aromatic rings. The summed E-state index contributed by atoms with van der Waals surface area (Å²) in [5, 5.41) is 4.52. The summed E-state index contributed by atoms with van der Waals surface area (Å²) in [4.78, 5) is 16.9. The number of nitrogens with one attached hydrogen (secondary N) is 1. The normalized spacial score (nSPS) is 12.8. The molecule has 0 saturated heterocycles. The molecule has 0 aliphatic heterocycles. The van der Waals surface area contributed by atoms with Crippen molar-refractivity contribution in [2.45, 2.75) is 13.0 Å². The van der Waals surface area contributed by atoms with Crippen molar-refractivity contribution >= 4 is 23.3 Å². The van der Waals surface area contributed by atoms with Crippen LogP contribution in [-0.2, 0) is 4.74 Å². The van der Waals surface area contributed by atoms with E-state index in [1.54, 1.807) is 6.07 Å². The number of ether oxygens (including phenoxy) is 1. The van der Waals surface area contributed by atoms with Gasteiger partial charge in [-0.25, -0.2) is 4.99 Å². The van der Waals surface area contributed by atoms with Crippen LogP contribution < -0.4 is 5.32 Å². The van der Waals surface area contributed by atoms with Crippen LogP contribution in [0.3, 0.4) is 0 Å². The minimum Gasteiger partial charge on any atom is -0.468 e. The highest BCUT2D eigenvalue weighted by atomic mass is 32.1. The molecule has 1 atom stereocenters. The summed E-state index contributed by atoms with van der Waals surface area (Å²) in [7, 11) is 1.49. The van der Waals surface area contributed by atoms with Crippen molar-refractivity contribution < 1.29 is 9.53 Å². The van der Waals surface area contributed by atoms with Crippen molar-refractivity contribution in [1.82, 2.24) is 5.32 Å². The number of thiophene rings is 1. The first-order valence-electron chi connectivity index (χ1n) is 6.22. The molecule has 2 rings (SSSR count). The van der Waals surface area contributed by atoms with Crippen LogP contribution in [0.5, 0.6) is 0 Å². The zero-order valence-electron chi connectivity index (χ0n) is 11.4. The second-order valence-corrected chi connectivity index (χ2v) is 5.10. The minimum absolute atomic E-state index is 0.0882. The molecule has 1 N–H and O–H groups in total. The molecule has 0 aliphatic rings. The van der Waals surface area contributed by atoms with Gasteiger partial charge in [-0.3, -0.25) is 10.1 Å². The van der Waals surface area contributed by atoms with E-state index in [4.69, 9.17) is 4.74 Å². The van der Waals surface area contributed by atoms with Crippen LogP contribution in [0.4, 0.5) is 0 Å². The van der Waals surface area contributed by atoms with E-state index in [0.29, 0.717) is 4.88 Å². The van der Waals surface area contributed by atoms with Crippen molar-refractivity contribution in [3.63, 3.8) is 0 Å². The third-order valence-electron chi connectivity index (χ3n) is 2.75. The molecule has 20 heavy (non-hydrogen) atoms. The molecule has 1 aromatic heterocycles. The lowest BCUT2D eigenvalue weighted by Crippen LogP contribution is -2.31. The van der Waals surface area contributed by atoms with Crippen LogP contribution in [0.25, 0.3) is 0 Å². The molecular weight excluding hydrogens is 272 g/mol. The van der Waals surface area contributed by atoms with Crippen molar-refractivity contribution in [3.05, 3.63) is 58.3 Å². The monoisotopic (exact) mass is 288 g/mol. The predicted molar refractivity (Wildman–Crippen MR) is 81.1 cm³/mol. The van der Waals surface area contributed by atoms with Crippen molar-refractivity contribution in [2.75, 3.05) is 7.11 Å². The Hall–Kier alpha value is -2.14. The fraction of sp³-hybridized carbons (Fsp3) is 0.200. The first-order chi connectivity index (χ1) is 9.70. The van der Waals surface area contributed by atoms with Gasteiger partial charge in [0.05, 0.1) is 18.0 Å². The third kappa shape index (κ3) is 3.68. The van der Waals surface area contributed by atoms with Crippen LogP contribution in [0.15, 0.2) is 52.8 Å². The Bertz CT molecular complexity index is 579. The fourth-order valence-electron chi connectivity index (χ4n) is 1.68. The van der Waals surface area contributed by atoms with Crippen LogP contribution in [-0.4, -0.2) is 19.0 Å². The molecule has 0 aliphatic carbocycles. The number of benzene rings is 1. The van der Waals surface area contributed by atoms with E-state index < -0.39 is 0 Å². The van der Waals surface area contributed by atoms with Crippen LogP contribution >= 0.6 is 11.3 Å². The molecule has 1 heterocycles. The van der Waals surface area contributed by atoms with E-state index in [1.165, 1.54) is 18.4 Å². The number of nitrogens with zero attached hydrogens (tertiary/aromatic N) is 1. The van der Waals surface area contributed by atoms with Gasteiger partial charge in [0.15, 0.2) is 0 Å². The van der Waals surface area contributed by atoms with E-state index in [0.717, 1.165) is 5.56 Å². The Balaban J connectivity index is 2.08. The van der Waals surface area contributed by atoms with Crippen molar-refractivity contribution in [1.29, 1.82) is 0 Å². The number of rotatable bonds is 3. The molecule has 1 aromatic carbocycles. The van der Waals surface area contributed by atoms with Crippen LogP contribution in [0.1, 0.15) is 28.2 Å². The summed E-state index contributed by atoms with van der Waals surface area (Å²) >= 11 is 1.38. The maximum absolute atomic E-state index is 11.9. The molecule has 0 unspecified atom stereocenters. The number of hydrogen-bond donors (Lipinski definition) is 1. The average Bonchev–Trinajstić information content (AvgIpc) is 3.01. The fourth-order valence-corrected chi connectivity index (χ4v) is 2.30. The quantitative estimate of drug-likeness (QED) is 0.696. The molecule has 1 amide bonds. The molecule has 0 radical (unpaired) electrons. The Morgan fingerprint density at radius 1 is 1.25 bits per heavy atom. The molecule has 5 heteroatoms. The van der Waals surface area contributed by atoms with E-state index in [2.05, 4.69) is 10.3 Å². The second kappa shape index (κ2) is 6.86. The number of amidine groups is 1. The molecule has 0 saturated carbocycles. The number of carbonyl (C=O) groups is 1. The Labute approximate surface area is 122 Å². The van der Waals surface area contributed by atoms with Gasteiger partial charge in [-0.05, 0) is 23.9 Å². The van der Waals surface area contributed by atoms with Gasteiger partial charge in [-0.1, -0.05) is 36.4 Å². The van der Waals surface area contributed by atoms with Crippen molar-refractivity contribution in [2.24, 2.45) is 4.99 Å². The van der Waals surface area contributed by atoms with Crippen molar-refractivity contribution in [3.8, 4) is 0 Å². The largest absolute Gasteiger partial charge is 0.468 e. The molecule has 0 fully saturated rings. The number of aliphatic imine (C=N–C) groups is 1. The average molecular weight is 288 g/mol. The number of methoxy groups -OCH3 is 1. The van der Waals surface area contributed by atoms with Gasteiger partial charge in [0, 0.05) is 0 Å². The molecular formula is C15H16N2O2S. The topological polar surface area (TPSA) is 50.7 Å². The van der Waals surface area contributed by atoms with Gasteiger partial charge in [0.1, 0.15) is 0 Å². The zero-order chi connectivity index (χ0) is 14.4. The highest BCUT2D eigenvalue weighted by Gasteiger charge is 2.11. The highest BCUT2D eigenvalue weighted by molar-refractivity contribution is 7.12. The lowest BCUT2D eigenvalue weighted by Gasteiger charge is -2.11. The summed E-state index contributed by atoms with van der Waals surface area (Å²) in [6.07, 6.45) is 0. The standard InChI is InChI=1S/C15H16N2O2S/c1-11(12-7-4-3-5-8-12)16-15(19-2)17-14(18)13-9-6-10-20-13/h3-11H,1-2H3,(H,16,17,18)/t11-/m1/s1. The Morgan fingerprint density at radius 3 is 2.60 bits per heavy atom. The number of carbonyl (C=O) groups excluding carboxylic acids is 1. The number of hydrogen-bond acceptors (Lipinski definition) is 4. The van der Waals surface area contributed by atoms with Gasteiger partial charge in [0.2, 0.25) is 0 Å². The minimum atomic E-state index is -0.208. The smallest absolute Gasteiger partial charge is 0.292 e. The molecule has 0 spiro atoms. The first kappa shape index (κ1) is 14.3. The van der Waals surface area contributed by atoms with Gasteiger partial charge in [-0.15, -0.1) is 11.3 Å². The number of amides is 1. The lowest BCUT2D eigenvalue weighted by molar-refractivity contribution is 0.0972. The summed E-state index contributed by atoms with van der Waals surface area (Å²) in [6.45, 7) is 1.95. The van der Waals surface area contributed by atoms with E-state index >= 15 is 0 Å². The third-order valence-corrected chi connectivity index (χ3v) is 3.62. The van der Waals surface area contributed by atoms with Gasteiger partial charge >= 0.3 is 0 Å². The first-order valence-corrected chi connectivity index (χ1v) is 7.10. The summed E-state index contributed by atoms with van der Waals surface area (Å²) < 4.78 is 5.13. The van der Waals surface area contributed by atoms with Crippen LogP contribution in [0.2, 0.25) is 0 Å². The predicted octanol–water partition coefficient (Wildman–Crippen LogP) is 3.24. The molecule has 104 valence electrons. The summed E-state index contributed by atoms with van der Waals surface area (Å²) in [6, 6.07) is 13.6. The van der Waals surface area contributed by atoms with Crippen LogP contribution in [0, 0.1) is 0 Å². The highest BCUT2D eigenvalue weighted by Crippen LogP contribution is 2.16. The zero-order valence-corrected chi connectivity index (χ0v) is 12.2. The van der Waals surface area contributed by atoms with Gasteiger partial charge in [-0.2, -0.15) is 0 Å². The maximum atomic E-state index is 11.9. The van der Waals surface area contributed by atoms with E-state index in [9.17, 15) is 4.79 Å². The SMILES string of the molecule is COC(=N[C@H](C)c1ccccc1)NC(=O)c1cccs1.